The van der Waals surface area contributed by atoms with Crippen molar-refractivity contribution >= 4 is 33.2 Å². The van der Waals surface area contributed by atoms with Crippen LogP contribution in [0.3, 0.4) is 0 Å². The molecule has 2 atom stereocenters. The molecule has 2 amide bonds. The number of carbonyl (C=O) groups excluding carboxylic acids is 2. The van der Waals surface area contributed by atoms with E-state index in [0.717, 1.165) is 5.56 Å². The first-order chi connectivity index (χ1) is 14.4. The Hall–Kier alpha value is -2.23. The first-order valence-electron chi connectivity index (χ1n) is 10.0. The Bertz CT molecular complexity index is 1000. The fourth-order valence-corrected chi connectivity index (χ4v) is 6.69. The van der Waals surface area contributed by atoms with Gasteiger partial charge in [0.25, 0.3) is 10.0 Å². The molecule has 0 aliphatic carbocycles. The van der Waals surface area contributed by atoms with E-state index in [9.17, 15) is 18.0 Å². The maximum Gasteiger partial charge on any atom is 0.252 e. The third-order valence-electron chi connectivity index (χ3n) is 5.90. The molecule has 2 aliphatic heterocycles. The zero-order valence-corrected chi connectivity index (χ0v) is 18.4. The summed E-state index contributed by atoms with van der Waals surface area (Å²) in [5.74, 6) is -0.438. The van der Waals surface area contributed by atoms with Crippen LogP contribution in [0.25, 0.3) is 0 Å². The van der Waals surface area contributed by atoms with Crippen LogP contribution in [0.2, 0.25) is 0 Å². The number of benzene rings is 1. The minimum Gasteiger partial charge on any atom is -0.340 e. The fourth-order valence-electron chi connectivity index (χ4n) is 4.13. The number of thiophene rings is 1. The standard InChI is InChI=1S/C21H25N3O4S2/c1-16(17-6-3-2-4-7-17)24-15-18(14-19(24)25)21(26)22-9-11-23(12-10-22)30(27,28)20-8-5-13-29-20/h2-8,13,16,18H,9-12,14-15H2,1H3/t16-,18-/m0/s1. The van der Waals surface area contributed by atoms with Gasteiger partial charge in [-0.05, 0) is 23.9 Å². The number of carbonyl (C=O) groups is 2. The van der Waals surface area contributed by atoms with Crippen LogP contribution in [0, 0.1) is 5.92 Å². The molecule has 1 aromatic heterocycles. The molecule has 2 aliphatic rings. The second-order valence-electron chi connectivity index (χ2n) is 7.70. The van der Waals surface area contributed by atoms with Crippen LogP contribution in [0.15, 0.2) is 52.1 Å². The quantitative estimate of drug-likeness (QED) is 0.704. The van der Waals surface area contributed by atoms with Crippen molar-refractivity contribution in [2.45, 2.75) is 23.6 Å². The van der Waals surface area contributed by atoms with Crippen LogP contribution in [-0.2, 0) is 19.6 Å². The Morgan fingerprint density at radius 1 is 1.07 bits per heavy atom. The zero-order valence-electron chi connectivity index (χ0n) is 16.8. The first kappa shape index (κ1) is 21.0. The van der Waals surface area contributed by atoms with Gasteiger partial charge in [0.2, 0.25) is 11.8 Å². The molecule has 0 radical (unpaired) electrons. The Morgan fingerprint density at radius 3 is 2.40 bits per heavy atom. The molecule has 30 heavy (non-hydrogen) atoms. The molecular formula is C21H25N3O4S2. The summed E-state index contributed by atoms with van der Waals surface area (Å²) in [6.07, 6.45) is 0.212. The molecule has 160 valence electrons. The summed E-state index contributed by atoms with van der Waals surface area (Å²) in [5.41, 5.74) is 1.05. The Balaban J connectivity index is 1.36. The Labute approximate surface area is 180 Å². The molecule has 1 aromatic carbocycles. The third kappa shape index (κ3) is 4.01. The van der Waals surface area contributed by atoms with Crippen LogP contribution >= 0.6 is 11.3 Å². The van der Waals surface area contributed by atoms with E-state index in [1.807, 2.05) is 37.3 Å². The summed E-state index contributed by atoms with van der Waals surface area (Å²) in [4.78, 5) is 29.1. The normalized spacial score (nSPS) is 21.8. The number of hydrogen-bond donors (Lipinski definition) is 0. The molecule has 9 heteroatoms. The summed E-state index contributed by atoms with van der Waals surface area (Å²) in [7, 11) is -3.49. The second-order valence-corrected chi connectivity index (χ2v) is 10.8. The lowest BCUT2D eigenvalue weighted by atomic mass is 10.1. The van der Waals surface area contributed by atoms with E-state index in [0.29, 0.717) is 23.8 Å². The molecule has 0 spiro atoms. The molecule has 0 saturated carbocycles. The highest BCUT2D eigenvalue weighted by Crippen LogP contribution is 2.30. The van der Waals surface area contributed by atoms with E-state index in [1.165, 1.54) is 15.6 Å². The van der Waals surface area contributed by atoms with Crippen molar-refractivity contribution in [1.29, 1.82) is 0 Å². The van der Waals surface area contributed by atoms with Gasteiger partial charge < -0.3 is 9.80 Å². The lowest BCUT2D eigenvalue weighted by Crippen LogP contribution is -2.52. The van der Waals surface area contributed by atoms with Gasteiger partial charge in [0, 0.05) is 39.1 Å². The van der Waals surface area contributed by atoms with Gasteiger partial charge in [0.1, 0.15) is 4.21 Å². The highest BCUT2D eigenvalue weighted by atomic mass is 32.2. The second kappa shape index (κ2) is 8.49. The van der Waals surface area contributed by atoms with Crippen molar-refractivity contribution < 1.29 is 18.0 Å². The predicted octanol–water partition coefficient (Wildman–Crippen LogP) is 2.19. The maximum absolute atomic E-state index is 13.0. The van der Waals surface area contributed by atoms with Gasteiger partial charge in [-0.3, -0.25) is 9.59 Å². The van der Waals surface area contributed by atoms with Crippen molar-refractivity contribution in [3.63, 3.8) is 0 Å². The average Bonchev–Trinajstić information content (AvgIpc) is 3.44. The van der Waals surface area contributed by atoms with Crippen molar-refractivity contribution in [2.24, 2.45) is 5.92 Å². The van der Waals surface area contributed by atoms with Gasteiger partial charge in [0.15, 0.2) is 0 Å². The smallest absolute Gasteiger partial charge is 0.252 e. The summed E-state index contributed by atoms with van der Waals surface area (Å²) in [5, 5.41) is 1.74. The number of rotatable bonds is 5. The highest BCUT2D eigenvalue weighted by Gasteiger charge is 2.40. The summed E-state index contributed by atoms with van der Waals surface area (Å²) < 4.78 is 27.1. The molecule has 2 fully saturated rings. The highest BCUT2D eigenvalue weighted by molar-refractivity contribution is 7.91. The van der Waals surface area contributed by atoms with Crippen molar-refractivity contribution in [3.8, 4) is 0 Å². The van der Waals surface area contributed by atoms with Crippen LogP contribution in [0.1, 0.15) is 24.9 Å². The summed E-state index contributed by atoms with van der Waals surface area (Å²) in [6, 6.07) is 13.0. The van der Waals surface area contributed by atoms with Gasteiger partial charge in [-0.2, -0.15) is 4.31 Å². The van der Waals surface area contributed by atoms with Gasteiger partial charge >= 0.3 is 0 Å². The van der Waals surface area contributed by atoms with Crippen molar-refractivity contribution in [3.05, 3.63) is 53.4 Å². The molecule has 0 bridgehead atoms. The molecule has 7 nitrogen and oxygen atoms in total. The van der Waals surface area contributed by atoms with Crippen molar-refractivity contribution in [1.82, 2.24) is 14.1 Å². The van der Waals surface area contributed by atoms with Gasteiger partial charge in [-0.25, -0.2) is 8.42 Å². The van der Waals surface area contributed by atoms with E-state index in [2.05, 4.69) is 0 Å². The monoisotopic (exact) mass is 447 g/mol. The van der Waals surface area contributed by atoms with Crippen LogP contribution in [-0.4, -0.2) is 67.1 Å². The minimum absolute atomic E-state index is 0.0105. The van der Waals surface area contributed by atoms with Gasteiger partial charge in [0.05, 0.1) is 12.0 Å². The van der Waals surface area contributed by atoms with E-state index in [-0.39, 0.29) is 43.3 Å². The van der Waals surface area contributed by atoms with Gasteiger partial charge in [-0.1, -0.05) is 36.4 Å². The molecule has 4 rings (SSSR count). The number of amides is 2. The minimum atomic E-state index is -3.49. The van der Waals surface area contributed by atoms with Crippen LogP contribution in [0.5, 0.6) is 0 Å². The largest absolute Gasteiger partial charge is 0.340 e. The average molecular weight is 448 g/mol. The van der Waals surface area contributed by atoms with E-state index in [4.69, 9.17) is 0 Å². The number of sulfonamides is 1. The number of nitrogens with zero attached hydrogens (tertiary/aromatic N) is 3. The molecular weight excluding hydrogens is 422 g/mol. The number of hydrogen-bond acceptors (Lipinski definition) is 5. The first-order valence-corrected chi connectivity index (χ1v) is 12.4. The summed E-state index contributed by atoms with van der Waals surface area (Å²) >= 11 is 1.20. The SMILES string of the molecule is C[C@@H](c1ccccc1)N1C[C@@H](C(=O)N2CCN(S(=O)(=O)c3cccs3)CC2)CC1=O. The topological polar surface area (TPSA) is 78.0 Å². The number of piperazine rings is 1. The number of likely N-dealkylation sites (tertiary alicyclic amines) is 1. The van der Waals surface area contributed by atoms with Crippen molar-refractivity contribution in [2.75, 3.05) is 32.7 Å². The lowest BCUT2D eigenvalue weighted by Gasteiger charge is -2.35. The predicted molar refractivity (Wildman–Crippen MR) is 114 cm³/mol. The fraction of sp³-hybridized carbons (Fsp3) is 0.429. The third-order valence-corrected chi connectivity index (χ3v) is 9.17. The molecule has 0 unspecified atom stereocenters. The lowest BCUT2D eigenvalue weighted by molar-refractivity contribution is -0.137. The van der Waals surface area contributed by atoms with E-state index in [1.54, 1.807) is 27.3 Å². The zero-order chi connectivity index (χ0) is 21.3. The summed E-state index contributed by atoms with van der Waals surface area (Å²) in [6.45, 7) is 3.63. The Morgan fingerprint density at radius 2 is 1.77 bits per heavy atom. The van der Waals surface area contributed by atoms with Crippen LogP contribution < -0.4 is 0 Å². The maximum atomic E-state index is 13.0. The van der Waals surface area contributed by atoms with E-state index < -0.39 is 10.0 Å². The van der Waals surface area contributed by atoms with Crippen LogP contribution in [0.4, 0.5) is 0 Å². The molecule has 3 heterocycles. The molecule has 0 N–H and O–H groups in total. The Kier molecular flexibility index (Phi) is 5.95. The molecule has 2 aromatic rings. The molecule has 2 saturated heterocycles. The van der Waals surface area contributed by atoms with Gasteiger partial charge in [-0.15, -0.1) is 11.3 Å². The van der Waals surface area contributed by atoms with E-state index >= 15 is 0 Å².